The van der Waals surface area contributed by atoms with Gasteiger partial charge in [0.15, 0.2) is 0 Å². The molecular formula is C26H22BrCl2N3O2. The topological polar surface area (TPSA) is 56.5 Å². The van der Waals surface area contributed by atoms with Crippen LogP contribution in [0.4, 0.5) is 0 Å². The molecule has 0 saturated heterocycles. The van der Waals surface area contributed by atoms with Gasteiger partial charge in [-0.1, -0.05) is 71.2 Å². The smallest absolute Gasteiger partial charge is 0.282 e. The molecule has 1 aromatic heterocycles. The highest BCUT2D eigenvalue weighted by molar-refractivity contribution is 9.10. The van der Waals surface area contributed by atoms with E-state index in [4.69, 9.17) is 32.9 Å². The predicted molar refractivity (Wildman–Crippen MR) is 143 cm³/mol. The molecule has 0 unspecified atom stereocenters. The standard InChI is InChI=1S/C26H22BrCl2N3O2/c1-3-16(2)25-31-23-11-9-19(27)13-20(23)26(33)32(25)30-14-18-6-4-5-7-24(18)34-15-17-8-10-21(28)22(29)12-17/h4-14,16H,3,15H2,1-2H3/t16-/m0/s1. The molecule has 4 aromatic rings. The molecule has 0 fully saturated rings. The van der Waals surface area contributed by atoms with E-state index in [0.717, 1.165) is 22.0 Å². The first-order chi connectivity index (χ1) is 16.4. The molecule has 0 amide bonds. The first-order valence-corrected chi connectivity index (χ1v) is 12.3. The van der Waals surface area contributed by atoms with Crippen LogP contribution in [0.5, 0.6) is 5.75 Å². The largest absolute Gasteiger partial charge is 0.488 e. The molecule has 0 radical (unpaired) electrons. The fourth-order valence-electron chi connectivity index (χ4n) is 3.41. The first kappa shape index (κ1) is 24.5. The molecule has 0 aliphatic carbocycles. The van der Waals surface area contributed by atoms with Gasteiger partial charge in [0, 0.05) is 16.0 Å². The minimum Gasteiger partial charge on any atom is -0.488 e. The second-order valence-corrected chi connectivity index (χ2v) is 9.61. The number of hydrogen-bond donors (Lipinski definition) is 0. The van der Waals surface area contributed by atoms with Crippen molar-refractivity contribution in [2.45, 2.75) is 32.8 Å². The van der Waals surface area contributed by atoms with Crippen LogP contribution in [0.25, 0.3) is 10.9 Å². The minimum atomic E-state index is -0.216. The van der Waals surface area contributed by atoms with E-state index in [0.29, 0.717) is 39.1 Å². The van der Waals surface area contributed by atoms with Crippen LogP contribution in [0.2, 0.25) is 10.0 Å². The SMILES string of the molecule is CC[C@H](C)c1nc2ccc(Br)cc2c(=O)n1N=Cc1ccccc1OCc1ccc(Cl)c(Cl)c1. The second-order valence-electron chi connectivity index (χ2n) is 7.88. The van der Waals surface area contributed by atoms with E-state index in [1.807, 2.05) is 49.4 Å². The summed E-state index contributed by atoms with van der Waals surface area (Å²) in [6.45, 7) is 4.40. The molecule has 1 heterocycles. The third-order valence-corrected chi connectivity index (χ3v) is 6.73. The lowest BCUT2D eigenvalue weighted by atomic mass is 10.1. The van der Waals surface area contributed by atoms with Crippen molar-refractivity contribution >= 4 is 56.2 Å². The van der Waals surface area contributed by atoms with Crippen LogP contribution >= 0.6 is 39.1 Å². The molecule has 1 atom stereocenters. The van der Waals surface area contributed by atoms with Gasteiger partial charge in [0.2, 0.25) is 0 Å². The first-order valence-electron chi connectivity index (χ1n) is 10.8. The molecule has 3 aromatic carbocycles. The lowest BCUT2D eigenvalue weighted by Crippen LogP contribution is -2.23. The van der Waals surface area contributed by atoms with E-state index in [1.165, 1.54) is 4.68 Å². The number of nitrogens with zero attached hydrogens (tertiary/aromatic N) is 3. The highest BCUT2D eigenvalue weighted by Crippen LogP contribution is 2.25. The van der Waals surface area contributed by atoms with E-state index < -0.39 is 0 Å². The van der Waals surface area contributed by atoms with Gasteiger partial charge in [-0.25, -0.2) is 4.98 Å². The van der Waals surface area contributed by atoms with Crippen molar-refractivity contribution in [3.63, 3.8) is 0 Å². The van der Waals surface area contributed by atoms with Gasteiger partial charge < -0.3 is 4.74 Å². The monoisotopic (exact) mass is 557 g/mol. The van der Waals surface area contributed by atoms with Crippen molar-refractivity contribution in [2.75, 3.05) is 0 Å². The number of para-hydroxylation sites is 1. The van der Waals surface area contributed by atoms with Crippen molar-refractivity contribution < 1.29 is 4.74 Å². The Hall–Kier alpha value is -2.67. The summed E-state index contributed by atoms with van der Waals surface area (Å²) in [6, 6.07) is 18.4. The zero-order valence-corrected chi connectivity index (χ0v) is 21.7. The van der Waals surface area contributed by atoms with Crippen LogP contribution in [0.1, 0.15) is 43.1 Å². The molecule has 0 bridgehead atoms. The van der Waals surface area contributed by atoms with Crippen molar-refractivity contribution in [3.8, 4) is 5.75 Å². The van der Waals surface area contributed by atoms with E-state index in [2.05, 4.69) is 28.0 Å². The molecule has 5 nitrogen and oxygen atoms in total. The summed E-state index contributed by atoms with van der Waals surface area (Å²) in [5.74, 6) is 1.30. The molecule has 0 aliphatic heterocycles. The number of fused-ring (bicyclic) bond motifs is 1. The lowest BCUT2D eigenvalue weighted by Gasteiger charge is -2.14. The number of benzene rings is 3. The summed E-state index contributed by atoms with van der Waals surface area (Å²) >= 11 is 15.5. The van der Waals surface area contributed by atoms with Crippen molar-refractivity contribution in [3.05, 3.63) is 102 Å². The predicted octanol–water partition coefficient (Wildman–Crippen LogP) is 7.44. The minimum absolute atomic E-state index is 0.0547. The molecule has 0 saturated carbocycles. The Labute approximate surface area is 216 Å². The Kier molecular flexibility index (Phi) is 7.71. The van der Waals surface area contributed by atoms with Gasteiger partial charge in [-0.15, -0.1) is 0 Å². The highest BCUT2D eigenvalue weighted by Gasteiger charge is 2.16. The summed E-state index contributed by atoms with van der Waals surface area (Å²) in [5.41, 5.74) is 2.06. The average molecular weight is 559 g/mol. The van der Waals surface area contributed by atoms with Gasteiger partial charge in [0.25, 0.3) is 5.56 Å². The van der Waals surface area contributed by atoms with Gasteiger partial charge in [0.1, 0.15) is 18.2 Å². The summed E-state index contributed by atoms with van der Waals surface area (Å²) in [7, 11) is 0. The Bertz CT molecular complexity index is 1440. The maximum absolute atomic E-state index is 13.3. The van der Waals surface area contributed by atoms with E-state index >= 15 is 0 Å². The number of hydrogen-bond acceptors (Lipinski definition) is 4. The highest BCUT2D eigenvalue weighted by atomic mass is 79.9. The zero-order chi connectivity index (χ0) is 24.2. The molecule has 174 valence electrons. The average Bonchev–Trinajstić information content (AvgIpc) is 2.84. The van der Waals surface area contributed by atoms with Crippen LogP contribution in [0.3, 0.4) is 0 Å². The molecular weight excluding hydrogens is 537 g/mol. The van der Waals surface area contributed by atoms with Crippen LogP contribution in [0, 0.1) is 0 Å². The van der Waals surface area contributed by atoms with Gasteiger partial charge in [-0.3, -0.25) is 4.79 Å². The summed E-state index contributed by atoms with van der Waals surface area (Å²) in [5, 5.41) is 6.03. The van der Waals surface area contributed by atoms with Crippen LogP contribution < -0.4 is 10.3 Å². The number of aromatic nitrogens is 2. The molecule has 0 spiro atoms. The van der Waals surface area contributed by atoms with E-state index in [1.54, 1.807) is 24.4 Å². The van der Waals surface area contributed by atoms with Gasteiger partial charge >= 0.3 is 0 Å². The lowest BCUT2D eigenvalue weighted by molar-refractivity contribution is 0.306. The summed E-state index contributed by atoms with van der Waals surface area (Å²) in [6.07, 6.45) is 2.45. The zero-order valence-electron chi connectivity index (χ0n) is 18.6. The third-order valence-electron chi connectivity index (χ3n) is 5.50. The number of rotatable bonds is 7. The van der Waals surface area contributed by atoms with Crippen LogP contribution in [0.15, 0.2) is 75.0 Å². The second kappa shape index (κ2) is 10.7. The maximum atomic E-state index is 13.3. The Morgan fingerprint density at radius 1 is 1.12 bits per heavy atom. The normalized spacial score (nSPS) is 12.4. The van der Waals surface area contributed by atoms with Gasteiger partial charge in [0.05, 0.1) is 27.2 Å². The summed E-state index contributed by atoms with van der Waals surface area (Å²) < 4.78 is 8.22. The molecule has 8 heteroatoms. The van der Waals surface area contributed by atoms with Crippen molar-refractivity contribution in [1.29, 1.82) is 0 Å². The van der Waals surface area contributed by atoms with Crippen molar-refractivity contribution in [2.24, 2.45) is 5.10 Å². The molecule has 4 rings (SSSR count). The van der Waals surface area contributed by atoms with Gasteiger partial charge in [-0.05, 0) is 54.4 Å². The molecule has 34 heavy (non-hydrogen) atoms. The van der Waals surface area contributed by atoms with E-state index in [9.17, 15) is 4.79 Å². The molecule has 0 N–H and O–H groups in total. The number of ether oxygens (including phenoxy) is 1. The third kappa shape index (κ3) is 5.35. The Morgan fingerprint density at radius 3 is 2.68 bits per heavy atom. The quantitative estimate of drug-likeness (QED) is 0.221. The van der Waals surface area contributed by atoms with Gasteiger partial charge in [-0.2, -0.15) is 9.78 Å². The summed E-state index contributed by atoms with van der Waals surface area (Å²) in [4.78, 5) is 18.1. The Balaban J connectivity index is 1.70. The van der Waals surface area contributed by atoms with Crippen LogP contribution in [-0.4, -0.2) is 15.9 Å². The number of halogens is 3. The fourth-order valence-corrected chi connectivity index (χ4v) is 4.09. The van der Waals surface area contributed by atoms with E-state index in [-0.39, 0.29) is 11.5 Å². The van der Waals surface area contributed by atoms with Crippen LogP contribution in [-0.2, 0) is 6.61 Å². The fraction of sp³-hybridized carbons (Fsp3) is 0.192. The maximum Gasteiger partial charge on any atom is 0.282 e. The Morgan fingerprint density at radius 2 is 1.91 bits per heavy atom. The van der Waals surface area contributed by atoms with Crippen molar-refractivity contribution in [1.82, 2.24) is 9.66 Å². The molecule has 0 aliphatic rings.